The second-order valence-corrected chi connectivity index (χ2v) is 4.41. The van der Waals surface area contributed by atoms with Crippen molar-refractivity contribution in [3.8, 4) is 11.8 Å². The number of benzene rings is 1. The summed E-state index contributed by atoms with van der Waals surface area (Å²) in [6.07, 6.45) is -3.64. The quantitative estimate of drug-likeness (QED) is 0.652. The minimum Gasteiger partial charge on any atom is -0.357 e. The fraction of sp³-hybridized carbons (Fsp3) is 0.133. The van der Waals surface area contributed by atoms with Crippen molar-refractivity contribution in [1.29, 1.82) is 0 Å². The number of carbonyl (C=O) groups excluding carboxylic acids is 1. The van der Waals surface area contributed by atoms with Crippen LogP contribution in [0.25, 0.3) is 0 Å². The van der Waals surface area contributed by atoms with Crippen LogP contribution in [0.5, 0.6) is 0 Å². The van der Waals surface area contributed by atoms with Crippen molar-refractivity contribution in [3.63, 3.8) is 0 Å². The molecule has 0 bridgehead atoms. The van der Waals surface area contributed by atoms with E-state index in [2.05, 4.69) is 27.1 Å². The van der Waals surface area contributed by atoms with Crippen molar-refractivity contribution in [3.05, 3.63) is 47.5 Å². The second-order valence-electron chi connectivity index (χ2n) is 4.41. The lowest BCUT2D eigenvalue weighted by molar-refractivity contribution is -0.167. The highest BCUT2D eigenvalue weighted by Gasteiger charge is 2.39. The Balaban J connectivity index is 2.25. The van der Waals surface area contributed by atoms with Crippen molar-refractivity contribution in [1.82, 2.24) is 9.97 Å². The Morgan fingerprint density at radius 3 is 2.62 bits per heavy atom. The molecule has 0 saturated heterocycles. The van der Waals surface area contributed by atoms with Gasteiger partial charge in [-0.3, -0.25) is 4.79 Å². The summed E-state index contributed by atoms with van der Waals surface area (Å²) in [5.74, 6) is 2.37. The Kier molecular flexibility index (Phi) is 4.99. The summed E-state index contributed by atoms with van der Waals surface area (Å²) in [5, 5.41) is 4.19. The number of alkyl halides is 3. The molecule has 0 atom stereocenters. The van der Waals surface area contributed by atoms with Crippen molar-refractivity contribution in [2.75, 3.05) is 17.7 Å². The van der Waals surface area contributed by atoms with Crippen molar-refractivity contribution in [2.24, 2.45) is 0 Å². The van der Waals surface area contributed by atoms with Crippen LogP contribution in [0.1, 0.15) is 11.3 Å². The Morgan fingerprint density at radius 2 is 1.96 bits per heavy atom. The highest BCUT2D eigenvalue weighted by Crippen LogP contribution is 2.21. The Morgan fingerprint density at radius 1 is 1.21 bits per heavy atom. The van der Waals surface area contributed by atoms with Crippen molar-refractivity contribution < 1.29 is 22.4 Å². The lowest BCUT2D eigenvalue weighted by atomic mass is 10.2. The molecule has 1 heterocycles. The first-order valence-electron chi connectivity index (χ1n) is 6.50. The standard InChI is InChI=1S/C15H10F4N4O/c1-20-14-21-7-6-10(22-14)4-2-9-3-5-11(16)12(8-9)23-13(24)15(17,18)19/h3,5-8H,1H3,(H,23,24)(H,20,21,22). The summed E-state index contributed by atoms with van der Waals surface area (Å²) in [7, 11) is 1.63. The maximum atomic E-state index is 13.5. The third kappa shape index (κ3) is 4.42. The first-order chi connectivity index (χ1) is 11.3. The normalized spacial score (nSPS) is 10.5. The molecule has 1 aromatic carbocycles. The van der Waals surface area contributed by atoms with E-state index in [9.17, 15) is 22.4 Å². The van der Waals surface area contributed by atoms with Crippen LogP contribution >= 0.6 is 0 Å². The average Bonchev–Trinajstić information content (AvgIpc) is 2.54. The van der Waals surface area contributed by atoms with Crippen LogP contribution in [0, 0.1) is 17.7 Å². The van der Waals surface area contributed by atoms with Crippen LogP contribution in [-0.4, -0.2) is 29.1 Å². The third-order valence-electron chi connectivity index (χ3n) is 2.69. The highest BCUT2D eigenvalue weighted by molar-refractivity contribution is 5.95. The van der Waals surface area contributed by atoms with Gasteiger partial charge in [-0.25, -0.2) is 14.4 Å². The molecule has 0 radical (unpaired) electrons. The molecule has 124 valence electrons. The molecule has 2 rings (SSSR count). The maximum absolute atomic E-state index is 13.5. The van der Waals surface area contributed by atoms with Gasteiger partial charge >= 0.3 is 12.1 Å². The van der Waals surface area contributed by atoms with Crippen LogP contribution in [0.3, 0.4) is 0 Å². The number of rotatable bonds is 2. The molecule has 1 amide bonds. The van der Waals surface area contributed by atoms with Gasteiger partial charge in [-0.15, -0.1) is 0 Å². The molecule has 2 N–H and O–H groups in total. The Hall–Kier alpha value is -3.15. The van der Waals surface area contributed by atoms with Crippen LogP contribution in [0.15, 0.2) is 30.5 Å². The van der Waals surface area contributed by atoms with E-state index in [0.29, 0.717) is 11.6 Å². The van der Waals surface area contributed by atoms with Crippen molar-refractivity contribution >= 4 is 17.5 Å². The van der Waals surface area contributed by atoms with E-state index in [1.165, 1.54) is 23.6 Å². The molecule has 0 unspecified atom stereocenters. The molecule has 1 aromatic heterocycles. The molecule has 5 nitrogen and oxygen atoms in total. The predicted octanol–water partition coefficient (Wildman–Crippen LogP) is 2.56. The number of hydrogen-bond donors (Lipinski definition) is 2. The van der Waals surface area contributed by atoms with E-state index < -0.39 is 23.6 Å². The summed E-state index contributed by atoms with van der Waals surface area (Å²) in [6, 6.07) is 4.72. The second kappa shape index (κ2) is 6.95. The monoisotopic (exact) mass is 338 g/mol. The van der Waals surface area contributed by atoms with E-state index in [1.54, 1.807) is 7.05 Å². The largest absolute Gasteiger partial charge is 0.471 e. The molecule has 0 aliphatic heterocycles. The van der Waals surface area contributed by atoms with Gasteiger partial charge in [0.1, 0.15) is 11.5 Å². The molecule has 2 aromatic rings. The highest BCUT2D eigenvalue weighted by atomic mass is 19.4. The zero-order chi connectivity index (χ0) is 17.7. The van der Waals surface area contributed by atoms with Gasteiger partial charge in [0.05, 0.1) is 5.69 Å². The van der Waals surface area contributed by atoms with E-state index >= 15 is 0 Å². The van der Waals surface area contributed by atoms with Crippen LogP contribution in [-0.2, 0) is 4.79 Å². The number of halogens is 4. The van der Waals surface area contributed by atoms with Gasteiger partial charge < -0.3 is 10.6 Å². The average molecular weight is 338 g/mol. The first kappa shape index (κ1) is 17.2. The molecule has 0 aliphatic rings. The first-order valence-corrected chi connectivity index (χ1v) is 6.50. The number of hydrogen-bond acceptors (Lipinski definition) is 4. The number of amides is 1. The zero-order valence-corrected chi connectivity index (χ0v) is 12.2. The molecule has 0 spiro atoms. The summed E-state index contributed by atoms with van der Waals surface area (Å²) >= 11 is 0. The number of anilines is 2. The maximum Gasteiger partial charge on any atom is 0.471 e. The Bertz CT molecular complexity index is 824. The van der Waals surface area contributed by atoms with Gasteiger partial charge in [-0.2, -0.15) is 13.2 Å². The molecule has 0 aliphatic carbocycles. The third-order valence-corrected chi connectivity index (χ3v) is 2.69. The number of nitrogens with zero attached hydrogens (tertiary/aromatic N) is 2. The van der Waals surface area contributed by atoms with Crippen molar-refractivity contribution in [2.45, 2.75) is 6.18 Å². The lowest BCUT2D eigenvalue weighted by Gasteiger charge is -2.08. The predicted molar refractivity (Wildman–Crippen MR) is 78.6 cm³/mol. The smallest absolute Gasteiger partial charge is 0.357 e. The molecule has 0 fully saturated rings. The number of aromatic nitrogens is 2. The number of nitrogens with one attached hydrogen (secondary N) is 2. The SMILES string of the molecule is CNc1nccc(C#Cc2ccc(F)c(NC(=O)C(F)(F)F)c2)n1. The van der Waals surface area contributed by atoms with E-state index in [-0.39, 0.29) is 5.56 Å². The minimum atomic E-state index is -5.11. The topological polar surface area (TPSA) is 66.9 Å². The fourth-order valence-electron chi connectivity index (χ4n) is 1.58. The van der Waals surface area contributed by atoms with Crippen LogP contribution < -0.4 is 10.6 Å². The summed E-state index contributed by atoms with van der Waals surface area (Å²) in [6.45, 7) is 0. The summed E-state index contributed by atoms with van der Waals surface area (Å²) < 4.78 is 50.2. The molecular formula is C15H10F4N4O. The van der Waals surface area contributed by atoms with Gasteiger partial charge in [0, 0.05) is 18.8 Å². The molecule has 24 heavy (non-hydrogen) atoms. The molecule has 9 heteroatoms. The Labute approximate surface area is 134 Å². The van der Waals surface area contributed by atoms with Crippen LogP contribution in [0.2, 0.25) is 0 Å². The van der Waals surface area contributed by atoms with E-state index in [0.717, 1.165) is 12.1 Å². The summed E-state index contributed by atoms with van der Waals surface area (Å²) in [5.41, 5.74) is -0.0410. The van der Waals surface area contributed by atoms with Gasteiger partial charge in [-0.1, -0.05) is 5.92 Å². The van der Waals surface area contributed by atoms with E-state index in [4.69, 9.17) is 0 Å². The van der Waals surface area contributed by atoms with E-state index in [1.807, 2.05) is 0 Å². The zero-order valence-electron chi connectivity index (χ0n) is 12.2. The summed E-state index contributed by atoms with van der Waals surface area (Å²) in [4.78, 5) is 18.8. The van der Waals surface area contributed by atoms with Gasteiger partial charge in [-0.05, 0) is 30.2 Å². The van der Waals surface area contributed by atoms with Gasteiger partial charge in [0.25, 0.3) is 0 Å². The molecule has 0 saturated carbocycles. The van der Waals surface area contributed by atoms with Crippen LogP contribution in [0.4, 0.5) is 29.2 Å². The number of carbonyl (C=O) groups is 1. The molecular weight excluding hydrogens is 328 g/mol. The van der Waals surface area contributed by atoms with Gasteiger partial charge in [0.2, 0.25) is 5.95 Å². The fourth-order valence-corrected chi connectivity index (χ4v) is 1.58. The van der Waals surface area contributed by atoms with Gasteiger partial charge in [0.15, 0.2) is 0 Å². The minimum absolute atomic E-state index is 0.207. The lowest BCUT2D eigenvalue weighted by Crippen LogP contribution is -2.30.